The minimum atomic E-state index is -0.666. The molecule has 1 saturated heterocycles. The van der Waals surface area contributed by atoms with Crippen LogP contribution < -0.4 is 5.32 Å². The van der Waals surface area contributed by atoms with Crippen LogP contribution in [0, 0.1) is 11.2 Å². The van der Waals surface area contributed by atoms with E-state index in [0.717, 1.165) is 19.3 Å². The van der Waals surface area contributed by atoms with Gasteiger partial charge >= 0.3 is 0 Å². The van der Waals surface area contributed by atoms with Gasteiger partial charge in [0.25, 0.3) is 0 Å². The number of halogens is 3. The van der Waals surface area contributed by atoms with Crippen LogP contribution in [0.3, 0.4) is 0 Å². The third-order valence-corrected chi connectivity index (χ3v) is 4.15. The van der Waals surface area contributed by atoms with Crippen molar-refractivity contribution in [3.05, 3.63) is 51.6 Å². The molecule has 1 unspecified atom stereocenters. The second kappa shape index (κ2) is 7.42. The zero-order valence-electron chi connectivity index (χ0n) is 12.7. The summed E-state index contributed by atoms with van der Waals surface area (Å²) in [7, 11) is 0. The first-order chi connectivity index (χ1) is 11.6. The van der Waals surface area contributed by atoms with Gasteiger partial charge in [-0.3, -0.25) is 5.41 Å². The van der Waals surface area contributed by atoms with E-state index in [4.69, 9.17) is 33.3 Å². The Morgan fingerprint density at radius 2 is 2.17 bits per heavy atom. The van der Waals surface area contributed by atoms with Gasteiger partial charge in [-0.25, -0.2) is 14.4 Å². The van der Waals surface area contributed by atoms with Crippen LogP contribution in [0.4, 0.5) is 10.2 Å². The summed E-state index contributed by atoms with van der Waals surface area (Å²) in [5.41, 5.74) is 0.110. The van der Waals surface area contributed by atoms with Crippen molar-refractivity contribution < 1.29 is 9.13 Å². The van der Waals surface area contributed by atoms with Gasteiger partial charge in [-0.2, -0.15) is 0 Å². The summed E-state index contributed by atoms with van der Waals surface area (Å²) in [5, 5.41) is 11.5. The normalized spacial score (nSPS) is 17.5. The molecule has 0 amide bonds. The van der Waals surface area contributed by atoms with Crippen LogP contribution in [0.15, 0.2) is 24.4 Å². The summed E-state index contributed by atoms with van der Waals surface area (Å²) >= 11 is 11.7. The fourth-order valence-electron chi connectivity index (χ4n) is 2.48. The summed E-state index contributed by atoms with van der Waals surface area (Å²) in [5.74, 6) is -0.375. The Hall–Kier alpha value is -1.76. The molecule has 5 nitrogen and oxygen atoms in total. The van der Waals surface area contributed by atoms with E-state index in [2.05, 4.69) is 15.3 Å². The van der Waals surface area contributed by atoms with Crippen LogP contribution >= 0.6 is 23.2 Å². The van der Waals surface area contributed by atoms with Crippen molar-refractivity contribution in [2.45, 2.75) is 25.5 Å². The summed E-state index contributed by atoms with van der Waals surface area (Å²) in [6, 6.07) is 4.48. The lowest BCUT2D eigenvalue weighted by atomic mass is 10.1. The number of aromatic nitrogens is 2. The Morgan fingerprint density at radius 1 is 1.33 bits per heavy atom. The molecule has 1 atom stereocenters. The quantitative estimate of drug-likeness (QED) is 0.790. The number of benzene rings is 1. The first kappa shape index (κ1) is 17.1. The van der Waals surface area contributed by atoms with Gasteiger partial charge in [0.05, 0.1) is 16.9 Å². The molecule has 3 rings (SSSR count). The van der Waals surface area contributed by atoms with Gasteiger partial charge in [0.2, 0.25) is 0 Å². The first-order valence-corrected chi connectivity index (χ1v) is 8.26. The lowest BCUT2D eigenvalue weighted by Crippen LogP contribution is -2.29. The predicted molar refractivity (Wildman–Crippen MR) is 91.6 cm³/mol. The molecule has 0 bridgehead atoms. The second-order valence-corrected chi connectivity index (χ2v) is 6.16. The maximum absolute atomic E-state index is 14.2. The number of hydrogen-bond acceptors (Lipinski definition) is 5. The van der Waals surface area contributed by atoms with Crippen molar-refractivity contribution >= 4 is 34.7 Å². The van der Waals surface area contributed by atoms with Crippen LogP contribution in [-0.2, 0) is 4.74 Å². The van der Waals surface area contributed by atoms with E-state index in [1.165, 1.54) is 18.3 Å². The van der Waals surface area contributed by atoms with Gasteiger partial charge in [0, 0.05) is 12.2 Å². The minimum Gasteiger partial charge on any atom is -0.359 e. The molecule has 0 saturated carbocycles. The number of nitrogens with one attached hydrogen (secondary N) is 2. The molecule has 126 valence electrons. The standard InChI is InChI=1S/C16H15Cl2FN4O/c17-10-5-3-4-9(13(10)19)14(20)15-16(22-11(18)8-21-15)23-12-6-1-2-7-24-12/h3-5,8,12,20H,1-2,6-7H2,(H,22,23). The molecule has 2 aromatic rings. The van der Waals surface area contributed by atoms with E-state index in [0.29, 0.717) is 12.4 Å². The summed E-state index contributed by atoms with van der Waals surface area (Å²) < 4.78 is 19.8. The van der Waals surface area contributed by atoms with Crippen LogP contribution in [0.5, 0.6) is 0 Å². The highest BCUT2D eigenvalue weighted by molar-refractivity contribution is 6.31. The Kier molecular flexibility index (Phi) is 5.28. The van der Waals surface area contributed by atoms with Crippen molar-refractivity contribution in [2.75, 3.05) is 11.9 Å². The van der Waals surface area contributed by atoms with E-state index >= 15 is 0 Å². The molecule has 2 N–H and O–H groups in total. The number of rotatable bonds is 4. The van der Waals surface area contributed by atoms with E-state index in [-0.39, 0.29) is 33.4 Å². The van der Waals surface area contributed by atoms with Gasteiger partial charge in [-0.05, 0) is 31.4 Å². The highest BCUT2D eigenvalue weighted by atomic mass is 35.5. The minimum absolute atomic E-state index is 0.0479. The average molecular weight is 369 g/mol. The molecule has 8 heteroatoms. The molecule has 24 heavy (non-hydrogen) atoms. The zero-order chi connectivity index (χ0) is 17.1. The van der Waals surface area contributed by atoms with Gasteiger partial charge in [0.15, 0.2) is 11.6 Å². The smallest absolute Gasteiger partial charge is 0.158 e. The maximum Gasteiger partial charge on any atom is 0.158 e. The molecule has 1 aliphatic heterocycles. The first-order valence-electron chi connectivity index (χ1n) is 7.50. The third kappa shape index (κ3) is 3.66. The molecular formula is C16H15Cl2FN4O. The average Bonchev–Trinajstić information content (AvgIpc) is 2.58. The number of ether oxygens (including phenoxy) is 1. The van der Waals surface area contributed by atoms with Crippen LogP contribution in [0.2, 0.25) is 10.2 Å². The molecule has 0 radical (unpaired) electrons. The topological polar surface area (TPSA) is 70.9 Å². The highest BCUT2D eigenvalue weighted by Crippen LogP contribution is 2.24. The molecule has 1 aromatic carbocycles. The highest BCUT2D eigenvalue weighted by Gasteiger charge is 2.21. The lowest BCUT2D eigenvalue weighted by molar-refractivity contribution is 0.0340. The Morgan fingerprint density at radius 3 is 2.92 bits per heavy atom. The molecular weight excluding hydrogens is 354 g/mol. The molecule has 1 aliphatic rings. The number of anilines is 1. The van der Waals surface area contributed by atoms with Crippen LogP contribution in [0.1, 0.15) is 30.5 Å². The SMILES string of the molecule is N=C(c1cccc(Cl)c1F)c1ncc(Cl)nc1NC1CCCCO1. The van der Waals surface area contributed by atoms with Crippen molar-refractivity contribution in [1.82, 2.24) is 9.97 Å². The van der Waals surface area contributed by atoms with Crippen LogP contribution in [-0.4, -0.2) is 28.5 Å². The summed E-state index contributed by atoms with van der Waals surface area (Å²) in [6.45, 7) is 0.654. The van der Waals surface area contributed by atoms with E-state index in [1.807, 2.05) is 0 Å². The van der Waals surface area contributed by atoms with Crippen molar-refractivity contribution in [3.8, 4) is 0 Å². The second-order valence-electron chi connectivity index (χ2n) is 5.37. The molecule has 2 heterocycles. The molecule has 0 spiro atoms. The Balaban J connectivity index is 1.94. The van der Waals surface area contributed by atoms with Crippen molar-refractivity contribution in [2.24, 2.45) is 0 Å². The maximum atomic E-state index is 14.2. The lowest BCUT2D eigenvalue weighted by Gasteiger charge is -2.24. The molecule has 1 fully saturated rings. The summed E-state index contributed by atoms with van der Waals surface area (Å²) in [4.78, 5) is 8.33. The van der Waals surface area contributed by atoms with Gasteiger partial charge in [-0.15, -0.1) is 0 Å². The fourth-order valence-corrected chi connectivity index (χ4v) is 2.79. The van der Waals surface area contributed by atoms with E-state index in [9.17, 15) is 4.39 Å². The Bertz CT molecular complexity index is 766. The molecule has 1 aromatic heterocycles. The number of hydrogen-bond donors (Lipinski definition) is 2. The van der Waals surface area contributed by atoms with Gasteiger partial charge in [0.1, 0.15) is 17.1 Å². The fraction of sp³-hybridized carbons (Fsp3) is 0.312. The third-order valence-electron chi connectivity index (χ3n) is 3.68. The van der Waals surface area contributed by atoms with Crippen LogP contribution in [0.25, 0.3) is 0 Å². The van der Waals surface area contributed by atoms with Crippen molar-refractivity contribution in [3.63, 3.8) is 0 Å². The van der Waals surface area contributed by atoms with E-state index < -0.39 is 5.82 Å². The largest absolute Gasteiger partial charge is 0.359 e. The Labute approximate surface area is 148 Å². The number of nitrogens with zero attached hydrogens (tertiary/aromatic N) is 2. The van der Waals surface area contributed by atoms with Crippen molar-refractivity contribution in [1.29, 1.82) is 5.41 Å². The van der Waals surface area contributed by atoms with E-state index in [1.54, 1.807) is 6.07 Å². The van der Waals surface area contributed by atoms with Gasteiger partial charge in [-0.1, -0.05) is 29.3 Å². The van der Waals surface area contributed by atoms with Gasteiger partial charge < -0.3 is 10.1 Å². The monoisotopic (exact) mass is 368 g/mol. The predicted octanol–water partition coefficient (Wildman–Crippen LogP) is 4.28. The molecule has 0 aliphatic carbocycles. The zero-order valence-corrected chi connectivity index (χ0v) is 14.2. The summed E-state index contributed by atoms with van der Waals surface area (Å²) in [6.07, 6.45) is 3.94.